The predicted octanol–water partition coefficient (Wildman–Crippen LogP) is 3.48. The van der Waals surface area contributed by atoms with E-state index in [0.717, 1.165) is 5.69 Å². The molecule has 0 bridgehead atoms. The van der Waals surface area contributed by atoms with E-state index in [9.17, 15) is 14.7 Å². The highest BCUT2D eigenvalue weighted by Crippen LogP contribution is 2.34. The second-order valence-electron chi connectivity index (χ2n) is 6.76. The molecular weight excluding hydrogens is 354 g/mol. The van der Waals surface area contributed by atoms with Gasteiger partial charge < -0.3 is 14.6 Å². The zero-order chi connectivity index (χ0) is 19.2. The monoisotopic (exact) mass is 373 g/mol. The van der Waals surface area contributed by atoms with Crippen LogP contribution in [0.4, 0.5) is 5.69 Å². The van der Waals surface area contributed by atoms with Gasteiger partial charge in [-0.2, -0.15) is 0 Å². The zero-order valence-electron chi connectivity index (χ0n) is 15.1. The fourth-order valence-corrected chi connectivity index (χ4v) is 3.47. The highest BCUT2D eigenvalue weighted by atomic mass is 35.5. The number of halogens is 1. The Balaban J connectivity index is 2.61. The maximum Gasteiger partial charge on any atom is 0.323 e. The van der Waals surface area contributed by atoms with Gasteiger partial charge in [0.2, 0.25) is 0 Å². The molecule has 0 amide bonds. The van der Waals surface area contributed by atoms with Crippen molar-refractivity contribution in [3.8, 4) is 0 Å². The third kappa shape index (κ3) is 2.90. The van der Waals surface area contributed by atoms with Gasteiger partial charge >= 0.3 is 5.97 Å². The number of nitrogens with zero attached hydrogens (tertiary/aromatic N) is 3. The van der Waals surface area contributed by atoms with Crippen LogP contribution in [-0.2, 0) is 11.3 Å². The van der Waals surface area contributed by atoms with Crippen molar-refractivity contribution in [2.75, 3.05) is 19.0 Å². The van der Waals surface area contributed by atoms with Gasteiger partial charge in [-0.15, -0.1) is 0 Å². The summed E-state index contributed by atoms with van der Waals surface area (Å²) in [6.45, 7) is 3.68. The molecule has 0 aliphatic carbocycles. The van der Waals surface area contributed by atoms with Gasteiger partial charge in [0, 0.05) is 25.2 Å². The van der Waals surface area contributed by atoms with Crippen molar-refractivity contribution in [3.63, 3.8) is 0 Å². The SMILES string of the molecule is CC(C)c1ccc2c(=O)c3ccc(Cl)c(N(C)C)c3n(CC(=O)O)c2n1. The van der Waals surface area contributed by atoms with E-state index >= 15 is 0 Å². The smallest absolute Gasteiger partial charge is 0.323 e. The fourth-order valence-electron chi connectivity index (χ4n) is 3.14. The van der Waals surface area contributed by atoms with Gasteiger partial charge in [-0.05, 0) is 30.2 Å². The first kappa shape index (κ1) is 18.2. The summed E-state index contributed by atoms with van der Waals surface area (Å²) in [5, 5.41) is 10.7. The van der Waals surface area contributed by atoms with Crippen LogP contribution in [0.2, 0.25) is 5.02 Å². The topological polar surface area (TPSA) is 75.4 Å². The first-order valence-corrected chi connectivity index (χ1v) is 8.65. The number of aliphatic carboxylic acids is 1. The first-order valence-electron chi connectivity index (χ1n) is 8.27. The quantitative estimate of drug-likeness (QED) is 0.708. The molecule has 1 N–H and O–H groups in total. The number of carboxylic acid groups (broad SMARTS) is 1. The molecule has 0 atom stereocenters. The highest BCUT2D eigenvalue weighted by Gasteiger charge is 2.20. The second kappa shape index (κ2) is 6.61. The number of benzene rings is 1. The predicted molar refractivity (Wildman–Crippen MR) is 105 cm³/mol. The summed E-state index contributed by atoms with van der Waals surface area (Å²) in [4.78, 5) is 31.0. The minimum Gasteiger partial charge on any atom is -0.480 e. The van der Waals surface area contributed by atoms with Crippen molar-refractivity contribution >= 4 is 45.2 Å². The van der Waals surface area contributed by atoms with Crippen molar-refractivity contribution in [1.29, 1.82) is 0 Å². The third-order valence-corrected chi connectivity index (χ3v) is 4.65. The lowest BCUT2D eigenvalue weighted by molar-refractivity contribution is -0.137. The van der Waals surface area contributed by atoms with Crippen LogP contribution >= 0.6 is 11.6 Å². The van der Waals surface area contributed by atoms with E-state index in [1.807, 2.05) is 19.9 Å². The van der Waals surface area contributed by atoms with E-state index in [2.05, 4.69) is 4.98 Å². The molecule has 0 aliphatic rings. The zero-order valence-corrected chi connectivity index (χ0v) is 15.8. The molecule has 0 saturated heterocycles. The normalized spacial score (nSPS) is 11.5. The number of anilines is 1. The van der Waals surface area contributed by atoms with Crippen LogP contribution in [0.1, 0.15) is 25.5 Å². The number of fused-ring (bicyclic) bond motifs is 2. The molecule has 0 radical (unpaired) electrons. The van der Waals surface area contributed by atoms with E-state index in [1.54, 1.807) is 41.8 Å². The molecule has 26 heavy (non-hydrogen) atoms. The summed E-state index contributed by atoms with van der Waals surface area (Å²) in [5.41, 5.74) is 2.06. The third-order valence-electron chi connectivity index (χ3n) is 4.35. The number of carbonyl (C=O) groups is 1. The summed E-state index contributed by atoms with van der Waals surface area (Å²) >= 11 is 6.37. The molecule has 7 heteroatoms. The minimum atomic E-state index is -1.02. The summed E-state index contributed by atoms with van der Waals surface area (Å²) in [5.74, 6) is -0.867. The van der Waals surface area contributed by atoms with Crippen molar-refractivity contribution in [2.24, 2.45) is 0 Å². The molecular formula is C19H20ClN3O3. The van der Waals surface area contributed by atoms with Gasteiger partial charge in [-0.1, -0.05) is 25.4 Å². The van der Waals surface area contributed by atoms with Crippen molar-refractivity contribution in [1.82, 2.24) is 9.55 Å². The first-order chi connectivity index (χ1) is 12.2. The summed E-state index contributed by atoms with van der Waals surface area (Å²) in [7, 11) is 3.61. The number of hydrogen-bond acceptors (Lipinski definition) is 4. The number of aromatic nitrogens is 2. The molecule has 0 aliphatic heterocycles. The Bertz CT molecular complexity index is 1090. The lowest BCUT2D eigenvalue weighted by Gasteiger charge is -2.21. The molecule has 0 fully saturated rings. The molecule has 0 spiro atoms. The molecule has 3 aromatic rings. The van der Waals surface area contributed by atoms with Crippen molar-refractivity contribution in [3.05, 3.63) is 45.2 Å². The summed E-state index contributed by atoms with van der Waals surface area (Å²) < 4.78 is 1.57. The van der Waals surface area contributed by atoms with Gasteiger partial charge in [-0.25, -0.2) is 4.98 Å². The van der Waals surface area contributed by atoms with Crippen molar-refractivity contribution in [2.45, 2.75) is 26.3 Å². The standard InChI is InChI=1S/C19H20ClN3O3/c1-10(2)14-8-6-12-18(26)11-5-7-13(20)17(22(3)4)16(11)23(9-15(24)25)19(12)21-14/h5-8,10H,9H2,1-4H3,(H,24,25). The van der Waals surface area contributed by atoms with Gasteiger partial charge in [-0.3, -0.25) is 9.59 Å². The Morgan fingerprint density at radius 2 is 1.88 bits per heavy atom. The fraction of sp³-hybridized carbons (Fsp3) is 0.316. The number of carboxylic acids is 1. The van der Waals surface area contributed by atoms with E-state index in [0.29, 0.717) is 32.6 Å². The molecule has 136 valence electrons. The van der Waals surface area contributed by atoms with Crippen LogP contribution in [0.15, 0.2) is 29.1 Å². The maximum absolute atomic E-state index is 13.0. The Labute approximate surface area is 155 Å². The van der Waals surface area contributed by atoms with Gasteiger partial charge in [0.25, 0.3) is 0 Å². The molecule has 0 saturated carbocycles. The van der Waals surface area contributed by atoms with E-state index < -0.39 is 5.97 Å². The van der Waals surface area contributed by atoms with Crippen LogP contribution in [0, 0.1) is 0 Å². The lowest BCUT2D eigenvalue weighted by Crippen LogP contribution is -2.20. The van der Waals surface area contributed by atoms with Crippen LogP contribution in [0.5, 0.6) is 0 Å². The Hall–Kier alpha value is -2.60. The minimum absolute atomic E-state index is 0.149. The van der Waals surface area contributed by atoms with Gasteiger partial charge in [0.1, 0.15) is 12.2 Å². The molecule has 6 nitrogen and oxygen atoms in total. The van der Waals surface area contributed by atoms with E-state index in [-0.39, 0.29) is 17.9 Å². The van der Waals surface area contributed by atoms with E-state index in [4.69, 9.17) is 11.6 Å². The maximum atomic E-state index is 13.0. The molecule has 3 rings (SSSR count). The number of hydrogen-bond donors (Lipinski definition) is 1. The Morgan fingerprint density at radius 3 is 2.46 bits per heavy atom. The van der Waals surface area contributed by atoms with Crippen LogP contribution in [-0.4, -0.2) is 34.7 Å². The molecule has 2 aromatic heterocycles. The summed E-state index contributed by atoms with van der Waals surface area (Å²) in [6, 6.07) is 6.84. The lowest BCUT2D eigenvalue weighted by atomic mass is 10.1. The van der Waals surface area contributed by atoms with Gasteiger partial charge in [0.05, 0.1) is 21.6 Å². The van der Waals surface area contributed by atoms with Crippen molar-refractivity contribution < 1.29 is 9.90 Å². The Kier molecular flexibility index (Phi) is 4.63. The second-order valence-corrected chi connectivity index (χ2v) is 7.16. The average Bonchev–Trinajstić information content (AvgIpc) is 2.57. The van der Waals surface area contributed by atoms with E-state index in [1.165, 1.54) is 0 Å². The van der Waals surface area contributed by atoms with Gasteiger partial charge in [0.15, 0.2) is 5.43 Å². The van der Waals surface area contributed by atoms with Crippen LogP contribution in [0.3, 0.4) is 0 Å². The number of pyridine rings is 2. The molecule has 1 aromatic carbocycles. The number of rotatable bonds is 4. The van der Waals surface area contributed by atoms with Crippen LogP contribution < -0.4 is 10.3 Å². The Morgan fingerprint density at radius 1 is 1.23 bits per heavy atom. The highest BCUT2D eigenvalue weighted by molar-refractivity contribution is 6.35. The summed E-state index contributed by atoms with van der Waals surface area (Å²) in [6.07, 6.45) is 0. The molecule has 0 unspecified atom stereocenters. The average molecular weight is 374 g/mol. The van der Waals surface area contributed by atoms with Crippen LogP contribution in [0.25, 0.3) is 21.9 Å². The molecule has 2 heterocycles. The largest absolute Gasteiger partial charge is 0.480 e.